The summed E-state index contributed by atoms with van der Waals surface area (Å²) in [6, 6.07) is 4.04. The van der Waals surface area contributed by atoms with Crippen LogP contribution in [0, 0.1) is 12.7 Å². The van der Waals surface area contributed by atoms with Crippen molar-refractivity contribution in [2.24, 2.45) is 5.73 Å². The molecule has 1 atom stereocenters. The van der Waals surface area contributed by atoms with Crippen LogP contribution in [0.2, 0.25) is 0 Å². The topological polar surface area (TPSA) is 57.0 Å². The first-order valence-corrected chi connectivity index (χ1v) is 7.07. The van der Waals surface area contributed by atoms with Crippen molar-refractivity contribution in [2.45, 2.75) is 32.9 Å². The molecule has 0 aliphatic rings. The predicted octanol–water partition coefficient (Wildman–Crippen LogP) is 3.53. The average molecular weight is 287 g/mol. The van der Waals surface area contributed by atoms with Crippen LogP contribution in [-0.2, 0) is 6.54 Å². The van der Waals surface area contributed by atoms with Crippen LogP contribution >= 0.6 is 0 Å². The molecule has 0 saturated carbocycles. The van der Waals surface area contributed by atoms with Crippen LogP contribution in [0.15, 0.2) is 35.0 Å². The van der Waals surface area contributed by atoms with Crippen molar-refractivity contribution in [3.63, 3.8) is 0 Å². The van der Waals surface area contributed by atoms with Gasteiger partial charge in [0.15, 0.2) is 0 Å². The van der Waals surface area contributed by atoms with E-state index in [9.17, 15) is 4.39 Å². The van der Waals surface area contributed by atoms with E-state index < -0.39 is 6.04 Å². The highest BCUT2D eigenvalue weighted by Crippen LogP contribution is 2.31. The van der Waals surface area contributed by atoms with E-state index in [0.29, 0.717) is 11.3 Å². The quantitative estimate of drug-likeness (QED) is 0.798. The number of furan rings is 1. The number of nitrogens with two attached hydrogens (primary N) is 1. The molecular weight excluding hydrogens is 269 g/mol. The zero-order valence-electron chi connectivity index (χ0n) is 12.1. The van der Waals surface area contributed by atoms with Crippen LogP contribution in [-0.4, -0.2) is 9.55 Å². The van der Waals surface area contributed by atoms with Gasteiger partial charge in [-0.05, 0) is 31.5 Å². The summed E-state index contributed by atoms with van der Waals surface area (Å²) >= 11 is 0. The Morgan fingerprint density at radius 3 is 3.00 bits per heavy atom. The van der Waals surface area contributed by atoms with E-state index in [0.717, 1.165) is 29.7 Å². The Labute approximate surface area is 122 Å². The van der Waals surface area contributed by atoms with E-state index in [1.54, 1.807) is 12.3 Å². The number of halogens is 1. The van der Waals surface area contributed by atoms with Gasteiger partial charge in [-0.1, -0.05) is 6.92 Å². The summed E-state index contributed by atoms with van der Waals surface area (Å²) in [4.78, 5) is 4.34. The lowest BCUT2D eigenvalue weighted by Crippen LogP contribution is -2.18. The Morgan fingerprint density at radius 1 is 1.43 bits per heavy atom. The molecule has 0 radical (unpaired) electrons. The molecule has 1 unspecified atom stereocenters. The van der Waals surface area contributed by atoms with Gasteiger partial charge in [0, 0.05) is 29.9 Å². The first kappa shape index (κ1) is 13.8. The van der Waals surface area contributed by atoms with Crippen molar-refractivity contribution in [2.75, 3.05) is 0 Å². The maximum Gasteiger partial charge on any atom is 0.134 e. The minimum atomic E-state index is -0.456. The number of aryl methyl sites for hydroxylation is 2. The van der Waals surface area contributed by atoms with Crippen molar-refractivity contribution < 1.29 is 8.81 Å². The molecule has 0 aliphatic carbocycles. The summed E-state index contributed by atoms with van der Waals surface area (Å²) in [5.41, 5.74) is 7.83. The van der Waals surface area contributed by atoms with E-state index >= 15 is 0 Å². The molecule has 4 nitrogen and oxygen atoms in total. The minimum Gasteiger partial charge on any atom is -0.459 e. The third-order valence-corrected chi connectivity index (χ3v) is 3.71. The molecule has 0 amide bonds. The number of aromatic nitrogens is 2. The summed E-state index contributed by atoms with van der Waals surface area (Å²) in [6.07, 6.45) is 4.65. The zero-order chi connectivity index (χ0) is 15.0. The Morgan fingerprint density at radius 2 is 2.24 bits per heavy atom. The first-order valence-electron chi connectivity index (χ1n) is 7.07. The number of rotatable bonds is 4. The van der Waals surface area contributed by atoms with Gasteiger partial charge in [0.25, 0.3) is 0 Å². The van der Waals surface area contributed by atoms with Gasteiger partial charge in [0.2, 0.25) is 0 Å². The summed E-state index contributed by atoms with van der Waals surface area (Å²) in [7, 11) is 0. The molecule has 3 aromatic rings. The van der Waals surface area contributed by atoms with Gasteiger partial charge in [-0.15, -0.1) is 0 Å². The number of benzene rings is 1. The zero-order valence-corrected chi connectivity index (χ0v) is 12.1. The number of imidazole rings is 1. The Balaban J connectivity index is 2.07. The summed E-state index contributed by atoms with van der Waals surface area (Å²) < 4.78 is 21.2. The van der Waals surface area contributed by atoms with Gasteiger partial charge in [-0.2, -0.15) is 0 Å². The van der Waals surface area contributed by atoms with Gasteiger partial charge in [-0.3, -0.25) is 0 Å². The Bertz CT molecular complexity index is 775. The smallest absolute Gasteiger partial charge is 0.134 e. The van der Waals surface area contributed by atoms with E-state index in [-0.39, 0.29) is 5.82 Å². The fourth-order valence-corrected chi connectivity index (χ4v) is 2.66. The number of hydrogen-bond donors (Lipinski definition) is 1. The average Bonchev–Trinajstić information content (AvgIpc) is 3.04. The first-order chi connectivity index (χ1) is 10.1. The van der Waals surface area contributed by atoms with E-state index in [1.165, 1.54) is 12.1 Å². The van der Waals surface area contributed by atoms with Gasteiger partial charge in [-0.25, -0.2) is 9.37 Å². The van der Waals surface area contributed by atoms with E-state index in [4.69, 9.17) is 10.2 Å². The lowest BCUT2D eigenvalue weighted by atomic mass is 10.1. The molecule has 5 heteroatoms. The largest absolute Gasteiger partial charge is 0.459 e. The van der Waals surface area contributed by atoms with Gasteiger partial charge in [0.1, 0.15) is 29.0 Å². The molecule has 3 rings (SSSR count). The van der Waals surface area contributed by atoms with Crippen LogP contribution in [0.1, 0.15) is 36.5 Å². The standard InChI is InChI=1S/C16H18FN3O/c1-3-7-20-8-6-19-16(20)14(18)15-10(2)12-9-11(17)4-5-13(12)21-15/h4-6,8-9,14H,3,7,18H2,1-2H3. The molecular formula is C16H18FN3O. The highest BCUT2D eigenvalue weighted by molar-refractivity contribution is 5.82. The molecule has 1 aromatic carbocycles. The van der Waals surface area contributed by atoms with Crippen molar-refractivity contribution >= 4 is 11.0 Å². The summed E-state index contributed by atoms with van der Waals surface area (Å²) in [5.74, 6) is 1.12. The van der Waals surface area contributed by atoms with Crippen LogP contribution in [0.4, 0.5) is 4.39 Å². The maximum atomic E-state index is 13.4. The number of nitrogens with zero attached hydrogens (tertiary/aromatic N) is 2. The molecule has 0 aliphatic heterocycles. The molecule has 2 N–H and O–H groups in total. The van der Waals surface area contributed by atoms with E-state index in [2.05, 4.69) is 11.9 Å². The van der Waals surface area contributed by atoms with Crippen molar-refractivity contribution in [3.05, 3.63) is 53.6 Å². The van der Waals surface area contributed by atoms with Crippen LogP contribution in [0.3, 0.4) is 0 Å². The number of fused-ring (bicyclic) bond motifs is 1. The van der Waals surface area contributed by atoms with Gasteiger partial charge < -0.3 is 14.7 Å². The fourth-order valence-electron chi connectivity index (χ4n) is 2.66. The fraction of sp³-hybridized carbons (Fsp3) is 0.312. The predicted molar refractivity (Wildman–Crippen MR) is 79.5 cm³/mol. The molecule has 0 bridgehead atoms. The van der Waals surface area contributed by atoms with Gasteiger partial charge >= 0.3 is 0 Å². The highest BCUT2D eigenvalue weighted by Gasteiger charge is 2.22. The molecule has 2 heterocycles. The minimum absolute atomic E-state index is 0.279. The molecule has 0 saturated heterocycles. The summed E-state index contributed by atoms with van der Waals surface area (Å²) in [5, 5.41) is 0.758. The molecule has 21 heavy (non-hydrogen) atoms. The summed E-state index contributed by atoms with van der Waals surface area (Å²) in [6.45, 7) is 4.86. The lowest BCUT2D eigenvalue weighted by molar-refractivity contribution is 0.496. The molecule has 110 valence electrons. The third kappa shape index (κ3) is 2.34. The van der Waals surface area contributed by atoms with Crippen LogP contribution in [0.5, 0.6) is 0 Å². The van der Waals surface area contributed by atoms with Crippen LogP contribution in [0.25, 0.3) is 11.0 Å². The lowest BCUT2D eigenvalue weighted by Gasteiger charge is -2.12. The third-order valence-electron chi connectivity index (χ3n) is 3.71. The maximum absolute atomic E-state index is 13.4. The SMILES string of the molecule is CCCn1ccnc1C(N)c1oc2ccc(F)cc2c1C. The Hall–Kier alpha value is -2.14. The normalized spacial score (nSPS) is 13.0. The monoisotopic (exact) mass is 287 g/mol. The van der Waals surface area contributed by atoms with Gasteiger partial charge in [0.05, 0.1) is 0 Å². The second-order valence-electron chi connectivity index (χ2n) is 5.19. The molecule has 0 fully saturated rings. The second kappa shape index (κ2) is 5.33. The molecule has 0 spiro atoms. The van der Waals surface area contributed by atoms with Crippen molar-refractivity contribution in [1.29, 1.82) is 0 Å². The highest BCUT2D eigenvalue weighted by atomic mass is 19.1. The van der Waals surface area contributed by atoms with Crippen LogP contribution < -0.4 is 5.73 Å². The van der Waals surface area contributed by atoms with Crippen molar-refractivity contribution in [3.8, 4) is 0 Å². The molecule has 2 aromatic heterocycles. The van der Waals surface area contributed by atoms with E-state index in [1.807, 2.05) is 17.7 Å². The Kier molecular flexibility index (Phi) is 3.51. The number of hydrogen-bond acceptors (Lipinski definition) is 3. The van der Waals surface area contributed by atoms with Crippen molar-refractivity contribution in [1.82, 2.24) is 9.55 Å². The second-order valence-corrected chi connectivity index (χ2v) is 5.19.